The van der Waals surface area contributed by atoms with E-state index in [1.165, 1.54) is 5.56 Å². The number of benzene rings is 2. The highest BCUT2D eigenvalue weighted by atomic mass is 79.9. The molecule has 0 radical (unpaired) electrons. The molecule has 20 heavy (non-hydrogen) atoms. The van der Waals surface area contributed by atoms with E-state index in [0.29, 0.717) is 6.04 Å². The van der Waals surface area contributed by atoms with Crippen molar-refractivity contribution in [1.29, 1.82) is 0 Å². The van der Waals surface area contributed by atoms with Crippen molar-refractivity contribution in [2.45, 2.75) is 26.4 Å². The van der Waals surface area contributed by atoms with Crippen molar-refractivity contribution in [3.8, 4) is 11.5 Å². The van der Waals surface area contributed by atoms with E-state index in [-0.39, 0.29) is 0 Å². The van der Waals surface area contributed by atoms with E-state index in [9.17, 15) is 0 Å². The summed E-state index contributed by atoms with van der Waals surface area (Å²) in [6.45, 7) is 5.12. The molecule has 0 aliphatic carbocycles. The Balaban J connectivity index is 2.11. The third-order valence-electron chi connectivity index (χ3n) is 2.79. The van der Waals surface area contributed by atoms with Crippen LogP contribution in [0.4, 0.5) is 0 Å². The lowest BCUT2D eigenvalue weighted by molar-refractivity contribution is 0.478. The highest BCUT2D eigenvalue weighted by Gasteiger charge is 2.06. The van der Waals surface area contributed by atoms with Gasteiger partial charge in [-0.05, 0) is 45.8 Å². The Morgan fingerprint density at radius 3 is 2.45 bits per heavy atom. The fraction of sp³-hybridized carbons (Fsp3) is 0.250. The van der Waals surface area contributed by atoms with Gasteiger partial charge in [-0.3, -0.25) is 0 Å². The number of hydrogen-bond acceptors (Lipinski definition) is 2. The summed E-state index contributed by atoms with van der Waals surface area (Å²) in [6.07, 6.45) is 0. The molecule has 0 saturated heterocycles. The number of hydrogen-bond donors (Lipinski definition) is 1. The molecule has 0 amide bonds. The van der Waals surface area contributed by atoms with Gasteiger partial charge in [0.15, 0.2) is 0 Å². The minimum absolute atomic E-state index is 0.470. The lowest BCUT2D eigenvalue weighted by atomic mass is 10.2. The van der Waals surface area contributed by atoms with Gasteiger partial charge >= 0.3 is 0 Å². The molecule has 0 aliphatic rings. The van der Waals surface area contributed by atoms with E-state index in [1.807, 2.05) is 36.4 Å². The molecular formula is C16H17Br2NO. The summed E-state index contributed by atoms with van der Waals surface area (Å²) in [4.78, 5) is 0. The van der Waals surface area contributed by atoms with Crippen LogP contribution in [-0.2, 0) is 6.54 Å². The van der Waals surface area contributed by atoms with Crippen LogP contribution in [0.2, 0.25) is 0 Å². The quantitative estimate of drug-likeness (QED) is 0.717. The zero-order valence-electron chi connectivity index (χ0n) is 11.5. The van der Waals surface area contributed by atoms with Crippen LogP contribution in [-0.4, -0.2) is 6.04 Å². The Labute approximate surface area is 136 Å². The molecular weight excluding hydrogens is 382 g/mol. The topological polar surface area (TPSA) is 21.3 Å². The van der Waals surface area contributed by atoms with Gasteiger partial charge in [-0.15, -0.1) is 0 Å². The third kappa shape index (κ3) is 4.33. The molecule has 2 aromatic carbocycles. The second kappa shape index (κ2) is 7.25. The predicted octanol–water partition coefficient (Wildman–Crippen LogP) is 5.50. The molecule has 2 aromatic rings. The number of nitrogens with one attached hydrogen (secondary N) is 1. The Hall–Kier alpha value is -0.840. The molecule has 0 aliphatic heterocycles. The van der Waals surface area contributed by atoms with Gasteiger partial charge < -0.3 is 10.1 Å². The standard InChI is InChI=1S/C16H17Br2NO/c1-11(2)19-10-12-7-8-13(9-15(12)18)20-16-6-4-3-5-14(16)17/h3-9,11,19H,10H2,1-2H3. The summed E-state index contributed by atoms with van der Waals surface area (Å²) in [6, 6.07) is 14.4. The van der Waals surface area contributed by atoms with Gasteiger partial charge in [0.1, 0.15) is 11.5 Å². The summed E-state index contributed by atoms with van der Waals surface area (Å²) in [5.41, 5.74) is 1.22. The van der Waals surface area contributed by atoms with Crippen molar-refractivity contribution in [2.24, 2.45) is 0 Å². The van der Waals surface area contributed by atoms with Crippen molar-refractivity contribution < 1.29 is 4.74 Å². The average molecular weight is 399 g/mol. The molecule has 2 rings (SSSR count). The van der Waals surface area contributed by atoms with Gasteiger partial charge in [0.05, 0.1) is 4.47 Å². The molecule has 2 nitrogen and oxygen atoms in total. The van der Waals surface area contributed by atoms with Crippen LogP contribution in [0, 0.1) is 0 Å². The molecule has 1 N–H and O–H groups in total. The summed E-state index contributed by atoms with van der Waals surface area (Å²) in [5.74, 6) is 1.63. The molecule has 0 unspecified atom stereocenters. The van der Waals surface area contributed by atoms with Gasteiger partial charge in [-0.25, -0.2) is 0 Å². The van der Waals surface area contributed by atoms with Crippen LogP contribution < -0.4 is 10.1 Å². The Morgan fingerprint density at radius 1 is 1.05 bits per heavy atom. The molecule has 0 saturated carbocycles. The van der Waals surface area contributed by atoms with Gasteiger partial charge in [-0.1, -0.05) is 48.0 Å². The van der Waals surface area contributed by atoms with Gasteiger partial charge in [-0.2, -0.15) is 0 Å². The minimum Gasteiger partial charge on any atom is -0.456 e. The normalized spacial score (nSPS) is 10.8. The third-order valence-corrected chi connectivity index (χ3v) is 4.18. The molecule has 106 valence electrons. The van der Waals surface area contributed by atoms with E-state index in [2.05, 4.69) is 57.1 Å². The fourth-order valence-corrected chi connectivity index (χ4v) is 2.57. The van der Waals surface area contributed by atoms with E-state index in [4.69, 9.17) is 4.74 Å². The molecule has 0 bridgehead atoms. The summed E-state index contributed by atoms with van der Waals surface area (Å²) in [7, 11) is 0. The van der Waals surface area contributed by atoms with Crippen LogP contribution in [0.25, 0.3) is 0 Å². The number of rotatable bonds is 5. The maximum atomic E-state index is 5.87. The van der Waals surface area contributed by atoms with E-state index in [0.717, 1.165) is 27.0 Å². The lowest BCUT2D eigenvalue weighted by Gasteiger charge is -2.12. The van der Waals surface area contributed by atoms with Crippen LogP contribution in [0.1, 0.15) is 19.4 Å². The summed E-state index contributed by atoms with van der Waals surface area (Å²) < 4.78 is 7.87. The number of halogens is 2. The van der Waals surface area contributed by atoms with Crippen LogP contribution in [0.5, 0.6) is 11.5 Å². The fourth-order valence-electron chi connectivity index (χ4n) is 1.70. The van der Waals surface area contributed by atoms with Crippen LogP contribution >= 0.6 is 31.9 Å². The maximum Gasteiger partial charge on any atom is 0.141 e. The largest absolute Gasteiger partial charge is 0.456 e. The number of para-hydroxylation sites is 1. The Morgan fingerprint density at radius 2 is 1.80 bits per heavy atom. The first-order chi connectivity index (χ1) is 9.56. The smallest absolute Gasteiger partial charge is 0.141 e. The molecule has 0 fully saturated rings. The Bertz CT molecular complexity index is 584. The van der Waals surface area contributed by atoms with E-state index < -0.39 is 0 Å². The first-order valence-corrected chi connectivity index (χ1v) is 8.09. The van der Waals surface area contributed by atoms with Gasteiger partial charge in [0.25, 0.3) is 0 Å². The monoisotopic (exact) mass is 397 g/mol. The van der Waals surface area contributed by atoms with E-state index in [1.54, 1.807) is 0 Å². The summed E-state index contributed by atoms with van der Waals surface area (Å²) >= 11 is 7.08. The van der Waals surface area contributed by atoms with Gasteiger partial charge in [0.2, 0.25) is 0 Å². The van der Waals surface area contributed by atoms with Gasteiger partial charge in [0, 0.05) is 17.1 Å². The predicted molar refractivity (Wildman–Crippen MR) is 90.3 cm³/mol. The first-order valence-electron chi connectivity index (χ1n) is 6.50. The molecule has 0 atom stereocenters. The second-order valence-electron chi connectivity index (χ2n) is 4.82. The van der Waals surface area contributed by atoms with Crippen molar-refractivity contribution in [3.05, 3.63) is 57.0 Å². The SMILES string of the molecule is CC(C)NCc1ccc(Oc2ccccc2Br)cc1Br. The minimum atomic E-state index is 0.470. The van der Waals surface area contributed by atoms with Crippen LogP contribution in [0.15, 0.2) is 51.4 Å². The van der Waals surface area contributed by atoms with Crippen molar-refractivity contribution in [1.82, 2.24) is 5.32 Å². The first kappa shape index (κ1) is 15.5. The van der Waals surface area contributed by atoms with Crippen LogP contribution in [0.3, 0.4) is 0 Å². The van der Waals surface area contributed by atoms with E-state index >= 15 is 0 Å². The average Bonchev–Trinajstić information content (AvgIpc) is 2.40. The van der Waals surface area contributed by atoms with Crippen molar-refractivity contribution in [3.63, 3.8) is 0 Å². The molecule has 0 aromatic heterocycles. The second-order valence-corrected chi connectivity index (χ2v) is 6.53. The van der Waals surface area contributed by atoms with Crippen molar-refractivity contribution in [2.75, 3.05) is 0 Å². The zero-order chi connectivity index (χ0) is 14.5. The molecule has 0 heterocycles. The maximum absolute atomic E-state index is 5.87. The molecule has 4 heteroatoms. The molecule has 0 spiro atoms. The highest BCUT2D eigenvalue weighted by molar-refractivity contribution is 9.10. The Kier molecular flexibility index (Phi) is 5.64. The number of ether oxygens (including phenoxy) is 1. The summed E-state index contributed by atoms with van der Waals surface area (Å²) in [5, 5.41) is 3.40. The zero-order valence-corrected chi connectivity index (χ0v) is 14.7. The lowest BCUT2D eigenvalue weighted by Crippen LogP contribution is -2.21. The van der Waals surface area contributed by atoms with Crippen molar-refractivity contribution >= 4 is 31.9 Å². The highest BCUT2D eigenvalue weighted by Crippen LogP contribution is 2.31.